The molecular weight excluding hydrogens is 324 g/mol. The molecule has 1 aliphatic rings. The Balaban J connectivity index is 2.15. The number of piperazine rings is 1. The van der Waals surface area contributed by atoms with E-state index >= 15 is 0 Å². The summed E-state index contributed by atoms with van der Waals surface area (Å²) < 4.78 is 10.5. The Morgan fingerprint density at radius 3 is 2.84 bits per heavy atom. The van der Waals surface area contributed by atoms with Crippen LogP contribution in [-0.2, 0) is 14.3 Å². The Labute approximate surface area is 147 Å². The molecule has 1 saturated heterocycles. The first-order valence-electron chi connectivity index (χ1n) is 8.54. The highest BCUT2D eigenvalue weighted by Crippen LogP contribution is 2.18. The summed E-state index contributed by atoms with van der Waals surface area (Å²) in [5, 5.41) is 2.70. The van der Waals surface area contributed by atoms with Crippen LogP contribution in [0.2, 0.25) is 0 Å². The molecule has 0 bridgehead atoms. The maximum absolute atomic E-state index is 12.8. The monoisotopic (exact) mass is 348 g/mol. The molecule has 1 aliphatic heterocycles. The Hall–Kier alpha value is -2.57. The van der Waals surface area contributed by atoms with Crippen LogP contribution in [0.3, 0.4) is 0 Å². The van der Waals surface area contributed by atoms with Crippen molar-refractivity contribution in [2.75, 3.05) is 26.3 Å². The molecule has 1 unspecified atom stereocenters. The molecule has 1 aromatic rings. The van der Waals surface area contributed by atoms with E-state index < -0.39 is 12.0 Å². The predicted octanol–water partition coefficient (Wildman–Crippen LogP) is 1.37. The molecule has 1 atom stereocenters. The predicted molar refractivity (Wildman–Crippen MR) is 91.3 cm³/mol. The standard InChI is InChI=1S/C18H24N2O5/c1-3-10-25-16(21)12-15-17(22)19-8-9-20(15)18(23)13-6-5-7-14(11-13)24-4-2/h5-7,11,15H,3-4,8-10,12H2,1-2H3,(H,19,22). The van der Waals surface area contributed by atoms with Gasteiger partial charge in [0.1, 0.15) is 11.8 Å². The van der Waals surface area contributed by atoms with Crippen LogP contribution in [0, 0.1) is 0 Å². The lowest BCUT2D eigenvalue weighted by atomic mass is 10.1. The number of hydrogen-bond acceptors (Lipinski definition) is 5. The Kier molecular flexibility index (Phi) is 6.80. The molecule has 2 rings (SSSR count). The van der Waals surface area contributed by atoms with Gasteiger partial charge in [-0.05, 0) is 31.5 Å². The first kappa shape index (κ1) is 18.8. The summed E-state index contributed by atoms with van der Waals surface area (Å²) in [6.07, 6.45) is 0.554. The fraction of sp³-hybridized carbons (Fsp3) is 0.500. The number of hydrogen-bond donors (Lipinski definition) is 1. The molecule has 0 saturated carbocycles. The minimum absolute atomic E-state index is 0.150. The normalized spacial score (nSPS) is 17.0. The van der Waals surface area contributed by atoms with Crippen LogP contribution < -0.4 is 10.1 Å². The van der Waals surface area contributed by atoms with Gasteiger partial charge in [0.15, 0.2) is 0 Å². The second kappa shape index (κ2) is 9.05. The quantitative estimate of drug-likeness (QED) is 0.752. The van der Waals surface area contributed by atoms with Crippen LogP contribution in [0.4, 0.5) is 0 Å². The Morgan fingerprint density at radius 1 is 1.32 bits per heavy atom. The summed E-state index contributed by atoms with van der Waals surface area (Å²) in [6.45, 7) is 5.25. The van der Waals surface area contributed by atoms with E-state index in [-0.39, 0.29) is 18.2 Å². The fourth-order valence-corrected chi connectivity index (χ4v) is 2.64. The van der Waals surface area contributed by atoms with Gasteiger partial charge in [-0.1, -0.05) is 13.0 Å². The van der Waals surface area contributed by atoms with Gasteiger partial charge in [0, 0.05) is 18.7 Å². The number of carbonyl (C=O) groups excluding carboxylic acids is 3. The van der Waals surface area contributed by atoms with Gasteiger partial charge in [-0.15, -0.1) is 0 Å². The molecule has 136 valence electrons. The van der Waals surface area contributed by atoms with E-state index in [2.05, 4.69) is 5.32 Å². The third kappa shape index (κ3) is 4.95. The van der Waals surface area contributed by atoms with Crippen LogP contribution in [0.25, 0.3) is 0 Å². The fourth-order valence-electron chi connectivity index (χ4n) is 2.64. The highest BCUT2D eigenvalue weighted by molar-refractivity contribution is 5.99. The maximum Gasteiger partial charge on any atom is 0.308 e. The summed E-state index contributed by atoms with van der Waals surface area (Å²) in [6, 6.07) is 5.95. The Morgan fingerprint density at radius 2 is 2.12 bits per heavy atom. The molecule has 1 heterocycles. The van der Waals surface area contributed by atoms with Gasteiger partial charge in [-0.25, -0.2) is 0 Å². The number of rotatable bonds is 7. The van der Waals surface area contributed by atoms with E-state index in [9.17, 15) is 14.4 Å². The topological polar surface area (TPSA) is 84.9 Å². The number of esters is 1. The highest BCUT2D eigenvalue weighted by Gasteiger charge is 2.35. The van der Waals surface area contributed by atoms with Gasteiger partial charge >= 0.3 is 5.97 Å². The molecule has 7 nitrogen and oxygen atoms in total. The van der Waals surface area contributed by atoms with Crippen molar-refractivity contribution < 1.29 is 23.9 Å². The van der Waals surface area contributed by atoms with Crippen molar-refractivity contribution in [2.45, 2.75) is 32.7 Å². The van der Waals surface area contributed by atoms with E-state index in [1.54, 1.807) is 24.3 Å². The molecule has 1 fully saturated rings. The molecule has 0 radical (unpaired) electrons. The molecule has 7 heteroatoms. The van der Waals surface area contributed by atoms with E-state index in [1.165, 1.54) is 4.90 Å². The van der Waals surface area contributed by atoms with Gasteiger partial charge in [-0.2, -0.15) is 0 Å². The van der Waals surface area contributed by atoms with Crippen LogP contribution in [-0.4, -0.2) is 55.0 Å². The maximum atomic E-state index is 12.8. The van der Waals surface area contributed by atoms with Crippen molar-refractivity contribution in [3.05, 3.63) is 29.8 Å². The van der Waals surface area contributed by atoms with Crippen molar-refractivity contribution in [3.63, 3.8) is 0 Å². The minimum atomic E-state index is -0.860. The molecule has 0 aliphatic carbocycles. The van der Waals surface area contributed by atoms with E-state index in [1.807, 2.05) is 13.8 Å². The summed E-state index contributed by atoms with van der Waals surface area (Å²) in [7, 11) is 0. The zero-order valence-electron chi connectivity index (χ0n) is 14.6. The molecule has 25 heavy (non-hydrogen) atoms. The number of benzene rings is 1. The molecule has 0 spiro atoms. The zero-order chi connectivity index (χ0) is 18.2. The number of nitrogens with zero attached hydrogens (tertiary/aromatic N) is 1. The molecule has 1 aromatic carbocycles. The van der Waals surface area contributed by atoms with Crippen LogP contribution in [0.15, 0.2) is 24.3 Å². The van der Waals surface area contributed by atoms with Crippen molar-refractivity contribution in [3.8, 4) is 5.75 Å². The van der Waals surface area contributed by atoms with E-state index in [0.717, 1.165) is 0 Å². The van der Waals surface area contributed by atoms with Gasteiger partial charge in [0.25, 0.3) is 5.91 Å². The SMILES string of the molecule is CCCOC(=O)CC1C(=O)NCCN1C(=O)c1cccc(OCC)c1. The third-order valence-corrected chi connectivity index (χ3v) is 3.81. The van der Waals surface area contributed by atoms with Crippen LogP contribution in [0.5, 0.6) is 5.75 Å². The van der Waals surface area contributed by atoms with Crippen LogP contribution >= 0.6 is 0 Å². The van der Waals surface area contributed by atoms with Crippen molar-refractivity contribution in [1.29, 1.82) is 0 Å². The molecule has 1 N–H and O–H groups in total. The number of carbonyl (C=O) groups is 3. The molecule has 0 aromatic heterocycles. The largest absolute Gasteiger partial charge is 0.494 e. The minimum Gasteiger partial charge on any atom is -0.494 e. The van der Waals surface area contributed by atoms with Gasteiger partial charge < -0.3 is 19.7 Å². The molecular formula is C18H24N2O5. The number of ether oxygens (including phenoxy) is 2. The zero-order valence-corrected chi connectivity index (χ0v) is 14.6. The third-order valence-electron chi connectivity index (χ3n) is 3.81. The van der Waals surface area contributed by atoms with Gasteiger partial charge in [0.05, 0.1) is 19.6 Å². The van der Waals surface area contributed by atoms with E-state index in [0.29, 0.717) is 44.0 Å². The van der Waals surface area contributed by atoms with Gasteiger partial charge in [-0.3, -0.25) is 14.4 Å². The number of nitrogens with one attached hydrogen (secondary N) is 1. The summed E-state index contributed by atoms with van der Waals surface area (Å²) in [5.74, 6) is -0.530. The van der Waals surface area contributed by atoms with E-state index in [4.69, 9.17) is 9.47 Å². The molecule has 2 amide bonds. The highest BCUT2D eigenvalue weighted by atomic mass is 16.5. The average Bonchev–Trinajstić information content (AvgIpc) is 2.61. The number of amides is 2. The summed E-state index contributed by atoms with van der Waals surface area (Å²) in [4.78, 5) is 38.4. The smallest absolute Gasteiger partial charge is 0.308 e. The first-order valence-corrected chi connectivity index (χ1v) is 8.54. The lowest BCUT2D eigenvalue weighted by molar-refractivity contribution is -0.147. The van der Waals surface area contributed by atoms with Gasteiger partial charge in [0.2, 0.25) is 5.91 Å². The average molecular weight is 348 g/mol. The van der Waals surface area contributed by atoms with Crippen LogP contribution in [0.1, 0.15) is 37.0 Å². The van der Waals surface area contributed by atoms with Crippen molar-refractivity contribution >= 4 is 17.8 Å². The Bertz CT molecular complexity index is 632. The van der Waals surface area contributed by atoms with Crippen molar-refractivity contribution in [1.82, 2.24) is 10.2 Å². The lowest BCUT2D eigenvalue weighted by Crippen LogP contribution is -2.57. The second-order valence-corrected chi connectivity index (χ2v) is 5.69. The van der Waals surface area contributed by atoms with Crippen molar-refractivity contribution in [2.24, 2.45) is 0 Å². The lowest BCUT2D eigenvalue weighted by Gasteiger charge is -2.34. The first-order chi connectivity index (χ1) is 12.1. The summed E-state index contributed by atoms with van der Waals surface area (Å²) >= 11 is 0. The second-order valence-electron chi connectivity index (χ2n) is 5.69. The summed E-state index contributed by atoms with van der Waals surface area (Å²) in [5.41, 5.74) is 0.424.